The summed E-state index contributed by atoms with van der Waals surface area (Å²) in [5.41, 5.74) is 1.04. The maximum atomic E-state index is 13.4. The average Bonchev–Trinajstić information content (AvgIpc) is 3.62. The van der Waals surface area contributed by atoms with Crippen LogP contribution in [0.25, 0.3) is 22.1 Å². The van der Waals surface area contributed by atoms with E-state index in [0.717, 1.165) is 43.3 Å². The number of H-pyrrole nitrogens is 2. The van der Waals surface area contributed by atoms with Crippen molar-refractivity contribution in [2.75, 3.05) is 31.1 Å². The molecule has 5 aromatic rings. The summed E-state index contributed by atoms with van der Waals surface area (Å²) in [6.07, 6.45) is 4.45. The quantitative estimate of drug-likeness (QED) is 0.170. The summed E-state index contributed by atoms with van der Waals surface area (Å²) in [6.45, 7) is 3.06. The summed E-state index contributed by atoms with van der Waals surface area (Å²) in [5, 5.41) is 15.6. The molecule has 4 N–H and O–H groups in total. The molecule has 0 radical (unpaired) electrons. The van der Waals surface area contributed by atoms with Crippen LogP contribution >= 0.6 is 0 Å². The van der Waals surface area contributed by atoms with Crippen LogP contribution in [0.2, 0.25) is 0 Å². The van der Waals surface area contributed by atoms with Gasteiger partial charge in [-0.15, -0.1) is 0 Å². The number of amides is 1. The number of nitrogens with one attached hydrogen (secondary N) is 4. The van der Waals surface area contributed by atoms with Crippen LogP contribution in [0.1, 0.15) is 10.4 Å². The van der Waals surface area contributed by atoms with Crippen molar-refractivity contribution in [2.45, 2.75) is 4.90 Å². The van der Waals surface area contributed by atoms with Gasteiger partial charge in [0.15, 0.2) is 5.52 Å². The number of non-ortho nitro benzene ring substituents is 1. The summed E-state index contributed by atoms with van der Waals surface area (Å²) < 4.78 is 34.5. The number of hydrogen-bond acceptors (Lipinski definition) is 10. The number of anilines is 1. The van der Waals surface area contributed by atoms with E-state index in [1.807, 2.05) is 10.8 Å². The fourth-order valence-electron chi connectivity index (χ4n) is 4.54. The van der Waals surface area contributed by atoms with Gasteiger partial charge in [-0.3, -0.25) is 14.9 Å². The summed E-state index contributed by atoms with van der Waals surface area (Å²) >= 11 is 0. The van der Waals surface area contributed by atoms with E-state index in [2.05, 4.69) is 30.2 Å². The molecule has 4 heterocycles. The summed E-state index contributed by atoms with van der Waals surface area (Å²) in [6, 6.07) is 10.5. The third-order valence-electron chi connectivity index (χ3n) is 6.51. The van der Waals surface area contributed by atoms with E-state index in [-0.39, 0.29) is 22.3 Å². The lowest BCUT2D eigenvalue weighted by atomic mass is 10.1. The zero-order valence-corrected chi connectivity index (χ0v) is 21.6. The van der Waals surface area contributed by atoms with Crippen molar-refractivity contribution >= 4 is 49.4 Å². The molecular formula is C25H22N8O6S. The summed E-state index contributed by atoms with van der Waals surface area (Å²) in [4.78, 5) is 39.6. The molecule has 204 valence electrons. The number of sulfonamides is 1. The first kappa shape index (κ1) is 25.3. The van der Waals surface area contributed by atoms with Crippen molar-refractivity contribution in [1.29, 1.82) is 0 Å². The monoisotopic (exact) mass is 562 g/mol. The van der Waals surface area contributed by atoms with Crippen molar-refractivity contribution in [1.82, 2.24) is 30.0 Å². The number of nitrogens with zero attached hydrogens (tertiary/aromatic N) is 4. The Labute approximate surface area is 226 Å². The van der Waals surface area contributed by atoms with Crippen LogP contribution < -0.4 is 19.7 Å². The first-order chi connectivity index (χ1) is 19.3. The number of piperazine rings is 1. The zero-order valence-electron chi connectivity index (χ0n) is 20.7. The van der Waals surface area contributed by atoms with Gasteiger partial charge in [-0.1, -0.05) is 0 Å². The first-order valence-electron chi connectivity index (χ1n) is 12.2. The standard InChI is InChI=1S/C25H22N8O6S/c34-25(31-40(37,38)18-11-20-23(30-14-29-20)21(12-18)33(35)36)19-2-1-16(32-7-5-26-6-8-32)10-22(19)39-17-9-15-3-4-27-24(15)28-13-17/h1-4,9-14,26H,5-8H2,(H,27,28)(H,29,30)(H,31,34). The molecule has 1 saturated heterocycles. The Morgan fingerprint density at radius 3 is 2.70 bits per heavy atom. The number of ether oxygens (including phenoxy) is 1. The van der Waals surface area contributed by atoms with E-state index in [9.17, 15) is 23.3 Å². The SMILES string of the molecule is O=C(NS(=O)(=O)c1cc([N+](=O)[O-])c2nc[nH]c2c1)c1ccc(N2CCNCC2)cc1Oc1cnc2[nH]ccc2c1. The molecule has 1 aliphatic heterocycles. The number of pyridine rings is 1. The van der Waals surface area contributed by atoms with Gasteiger partial charge in [0, 0.05) is 55.6 Å². The molecule has 14 nitrogen and oxygen atoms in total. The molecule has 0 aliphatic carbocycles. The van der Waals surface area contributed by atoms with Crippen molar-refractivity contribution in [3.8, 4) is 11.5 Å². The van der Waals surface area contributed by atoms with Crippen LogP contribution in [0.3, 0.4) is 0 Å². The molecule has 6 rings (SSSR count). The number of aromatic amines is 2. The van der Waals surface area contributed by atoms with Gasteiger partial charge < -0.3 is 24.9 Å². The Bertz CT molecular complexity index is 1880. The van der Waals surface area contributed by atoms with Gasteiger partial charge in [-0.05, 0) is 30.3 Å². The number of imidazole rings is 1. The molecular weight excluding hydrogens is 540 g/mol. The number of carbonyl (C=O) groups is 1. The maximum absolute atomic E-state index is 13.4. The van der Waals surface area contributed by atoms with E-state index in [1.54, 1.807) is 24.4 Å². The fraction of sp³-hybridized carbons (Fsp3) is 0.160. The van der Waals surface area contributed by atoms with Gasteiger partial charge in [0.05, 0.1) is 33.4 Å². The lowest BCUT2D eigenvalue weighted by Gasteiger charge is -2.30. The second kappa shape index (κ2) is 9.94. The van der Waals surface area contributed by atoms with Gasteiger partial charge >= 0.3 is 0 Å². The molecule has 40 heavy (non-hydrogen) atoms. The number of aromatic nitrogens is 4. The molecule has 0 unspecified atom stereocenters. The Kier molecular flexibility index (Phi) is 6.28. The largest absolute Gasteiger partial charge is 0.455 e. The van der Waals surface area contributed by atoms with E-state index in [1.165, 1.54) is 24.7 Å². The van der Waals surface area contributed by atoms with Gasteiger partial charge in [-0.25, -0.2) is 23.1 Å². The molecule has 0 bridgehead atoms. The molecule has 1 aliphatic rings. The van der Waals surface area contributed by atoms with Gasteiger partial charge in [-0.2, -0.15) is 0 Å². The molecule has 1 amide bonds. The highest BCUT2D eigenvalue weighted by Crippen LogP contribution is 2.32. The van der Waals surface area contributed by atoms with Crippen LogP contribution in [0.4, 0.5) is 11.4 Å². The Balaban J connectivity index is 1.35. The van der Waals surface area contributed by atoms with Crippen molar-refractivity contribution in [2.24, 2.45) is 0 Å². The number of nitro benzene ring substituents is 1. The first-order valence-corrected chi connectivity index (χ1v) is 13.7. The summed E-state index contributed by atoms with van der Waals surface area (Å²) in [7, 11) is -4.52. The van der Waals surface area contributed by atoms with Gasteiger partial charge in [0.2, 0.25) is 0 Å². The van der Waals surface area contributed by atoms with Crippen LogP contribution in [-0.2, 0) is 10.0 Å². The highest BCUT2D eigenvalue weighted by molar-refractivity contribution is 7.90. The predicted octanol–water partition coefficient (Wildman–Crippen LogP) is 2.67. The lowest BCUT2D eigenvalue weighted by molar-refractivity contribution is -0.383. The maximum Gasteiger partial charge on any atom is 0.298 e. The number of benzene rings is 2. The molecule has 0 atom stereocenters. The van der Waals surface area contributed by atoms with Crippen LogP contribution in [0.5, 0.6) is 11.5 Å². The van der Waals surface area contributed by atoms with Crippen molar-refractivity contribution in [3.63, 3.8) is 0 Å². The van der Waals surface area contributed by atoms with Crippen LogP contribution in [0, 0.1) is 10.1 Å². The number of nitro groups is 1. The second-order valence-electron chi connectivity index (χ2n) is 9.04. The number of hydrogen-bond donors (Lipinski definition) is 4. The molecule has 0 spiro atoms. The molecule has 2 aromatic carbocycles. The Morgan fingerprint density at radius 2 is 1.90 bits per heavy atom. The normalized spacial score (nSPS) is 13.9. The van der Waals surface area contributed by atoms with E-state index in [4.69, 9.17) is 4.74 Å². The van der Waals surface area contributed by atoms with Crippen molar-refractivity contribution < 1.29 is 22.9 Å². The highest BCUT2D eigenvalue weighted by Gasteiger charge is 2.27. The number of carbonyl (C=O) groups excluding carboxylic acids is 1. The van der Waals surface area contributed by atoms with Gasteiger partial charge in [0.25, 0.3) is 21.6 Å². The smallest absolute Gasteiger partial charge is 0.298 e. The fourth-order valence-corrected chi connectivity index (χ4v) is 5.55. The van der Waals surface area contributed by atoms with Crippen molar-refractivity contribution in [3.05, 3.63) is 76.9 Å². The van der Waals surface area contributed by atoms with Gasteiger partial charge in [0.1, 0.15) is 17.1 Å². The molecule has 3 aromatic heterocycles. The zero-order chi connectivity index (χ0) is 27.9. The minimum atomic E-state index is -4.52. The molecule has 15 heteroatoms. The third-order valence-corrected chi connectivity index (χ3v) is 7.82. The third kappa shape index (κ3) is 4.78. The second-order valence-corrected chi connectivity index (χ2v) is 10.7. The Morgan fingerprint density at radius 1 is 1.07 bits per heavy atom. The molecule has 0 saturated carbocycles. The predicted molar refractivity (Wildman–Crippen MR) is 145 cm³/mol. The topological polar surface area (TPSA) is 188 Å². The van der Waals surface area contributed by atoms with Crippen LogP contribution in [-0.4, -0.2) is 65.4 Å². The number of rotatable bonds is 7. The molecule has 1 fully saturated rings. The minimum Gasteiger partial charge on any atom is -0.455 e. The van der Waals surface area contributed by atoms with E-state index >= 15 is 0 Å². The average molecular weight is 563 g/mol. The minimum absolute atomic E-state index is 0.00228. The Hall–Kier alpha value is -5.02. The van der Waals surface area contributed by atoms with Crippen LogP contribution in [0.15, 0.2) is 66.1 Å². The highest BCUT2D eigenvalue weighted by atomic mass is 32.2. The number of fused-ring (bicyclic) bond motifs is 2. The van der Waals surface area contributed by atoms with E-state index < -0.39 is 31.4 Å². The van der Waals surface area contributed by atoms with E-state index in [0.29, 0.717) is 11.4 Å². The lowest BCUT2D eigenvalue weighted by Crippen LogP contribution is -2.43. The summed E-state index contributed by atoms with van der Waals surface area (Å²) in [5.74, 6) is -0.498.